The Morgan fingerprint density at radius 2 is 2.14 bits per heavy atom. The van der Waals surface area contributed by atoms with E-state index in [1.165, 1.54) is 11.1 Å². The highest BCUT2D eigenvalue weighted by atomic mass is 16.5. The van der Waals surface area contributed by atoms with Crippen LogP contribution in [0, 0.1) is 0 Å². The monoisotopic (exact) mass is 299 g/mol. The lowest BCUT2D eigenvalue weighted by molar-refractivity contribution is 0.173. The maximum atomic E-state index is 5.37. The number of nitrogens with zero attached hydrogens (tertiary/aromatic N) is 3. The summed E-state index contributed by atoms with van der Waals surface area (Å²) in [4.78, 5) is 6.78. The first-order chi connectivity index (χ1) is 10.8. The molecule has 5 nitrogen and oxygen atoms in total. The van der Waals surface area contributed by atoms with Crippen LogP contribution in [0.4, 0.5) is 0 Å². The lowest BCUT2D eigenvalue weighted by Crippen LogP contribution is -2.32. The van der Waals surface area contributed by atoms with Gasteiger partial charge in [0.2, 0.25) is 5.89 Å². The minimum absolute atomic E-state index is 0.102. The van der Waals surface area contributed by atoms with Crippen molar-refractivity contribution in [2.24, 2.45) is 0 Å². The number of methoxy groups -OCH3 is 1. The van der Waals surface area contributed by atoms with Crippen LogP contribution in [0.5, 0.6) is 0 Å². The summed E-state index contributed by atoms with van der Waals surface area (Å²) in [6.07, 6.45) is 3.36. The molecule has 2 heterocycles. The predicted molar refractivity (Wildman–Crippen MR) is 84.0 cm³/mol. The van der Waals surface area contributed by atoms with E-state index in [0.29, 0.717) is 18.3 Å². The summed E-state index contributed by atoms with van der Waals surface area (Å²) in [5.74, 6) is 1.25. The Morgan fingerprint density at radius 1 is 1.32 bits per heavy atom. The quantitative estimate of drug-likeness (QED) is 0.849. The fraction of sp³-hybridized carbons (Fsp3) is 0.412. The zero-order chi connectivity index (χ0) is 15.4. The molecule has 1 aromatic heterocycles. The molecule has 0 spiro atoms. The van der Waals surface area contributed by atoms with Gasteiger partial charge in [0, 0.05) is 20.2 Å². The average molecular weight is 299 g/mol. The Labute approximate surface area is 130 Å². The van der Waals surface area contributed by atoms with Crippen LogP contribution in [0.25, 0.3) is 5.57 Å². The van der Waals surface area contributed by atoms with Crippen molar-refractivity contribution in [3.8, 4) is 0 Å². The lowest BCUT2D eigenvalue weighted by atomic mass is 10.0. The molecule has 1 atom stereocenters. The van der Waals surface area contributed by atoms with E-state index in [4.69, 9.17) is 9.26 Å². The lowest BCUT2D eigenvalue weighted by Gasteiger charge is -2.30. The fourth-order valence-electron chi connectivity index (χ4n) is 2.74. The van der Waals surface area contributed by atoms with Crippen LogP contribution >= 0.6 is 0 Å². The first kappa shape index (κ1) is 14.9. The van der Waals surface area contributed by atoms with Crippen molar-refractivity contribution in [2.75, 3.05) is 20.2 Å². The van der Waals surface area contributed by atoms with Crippen molar-refractivity contribution < 1.29 is 9.26 Å². The number of ether oxygens (including phenoxy) is 1. The van der Waals surface area contributed by atoms with Crippen LogP contribution in [0.15, 0.2) is 40.9 Å². The molecule has 0 radical (unpaired) electrons. The van der Waals surface area contributed by atoms with Crippen LogP contribution in [0.1, 0.15) is 36.7 Å². The molecule has 0 saturated heterocycles. The van der Waals surface area contributed by atoms with Crippen LogP contribution < -0.4 is 0 Å². The average Bonchev–Trinajstić information content (AvgIpc) is 3.04. The van der Waals surface area contributed by atoms with E-state index in [0.717, 1.165) is 19.5 Å². The number of benzene rings is 1. The van der Waals surface area contributed by atoms with Gasteiger partial charge in [-0.2, -0.15) is 4.98 Å². The second kappa shape index (κ2) is 6.85. The maximum absolute atomic E-state index is 5.37. The van der Waals surface area contributed by atoms with Crippen molar-refractivity contribution in [1.29, 1.82) is 0 Å². The molecule has 5 heteroatoms. The molecule has 0 fully saturated rings. The molecular formula is C17H21N3O2. The Hall–Kier alpha value is -1.98. The third kappa shape index (κ3) is 3.26. The number of aromatic nitrogens is 2. The standard InChI is InChI=1S/C17H21N3O2/c1-13(17-18-16(12-21-2)19-22-17)20-10-6-9-15(11-20)14-7-4-3-5-8-14/h3-5,7-9,13H,6,10-12H2,1-2H3/t13-/m1/s1. The largest absolute Gasteiger partial charge is 0.377 e. The summed E-state index contributed by atoms with van der Waals surface area (Å²) in [6, 6.07) is 10.6. The van der Waals surface area contributed by atoms with E-state index in [1.54, 1.807) is 7.11 Å². The highest BCUT2D eigenvalue weighted by Crippen LogP contribution is 2.27. The van der Waals surface area contributed by atoms with Crippen LogP contribution in [0.3, 0.4) is 0 Å². The van der Waals surface area contributed by atoms with Crippen molar-refractivity contribution >= 4 is 5.57 Å². The molecule has 0 bridgehead atoms. The highest BCUT2D eigenvalue weighted by molar-refractivity contribution is 5.67. The second-order valence-corrected chi connectivity index (χ2v) is 5.51. The molecule has 1 aliphatic heterocycles. The summed E-state index contributed by atoms with van der Waals surface area (Å²) in [5, 5.41) is 3.95. The molecule has 3 rings (SSSR count). The molecule has 2 aromatic rings. The zero-order valence-corrected chi connectivity index (χ0v) is 13.0. The third-order valence-electron chi connectivity index (χ3n) is 3.99. The summed E-state index contributed by atoms with van der Waals surface area (Å²) in [6.45, 7) is 4.39. The molecule has 0 aliphatic carbocycles. The van der Waals surface area contributed by atoms with Gasteiger partial charge in [0.05, 0.1) is 6.04 Å². The Kier molecular flexibility index (Phi) is 4.65. The Bertz CT molecular complexity index is 636. The molecule has 0 saturated carbocycles. The highest BCUT2D eigenvalue weighted by Gasteiger charge is 2.24. The summed E-state index contributed by atoms with van der Waals surface area (Å²) < 4.78 is 10.4. The molecule has 22 heavy (non-hydrogen) atoms. The zero-order valence-electron chi connectivity index (χ0n) is 13.0. The van der Waals surface area contributed by atoms with Crippen LogP contribution in [-0.2, 0) is 11.3 Å². The summed E-state index contributed by atoms with van der Waals surface area (Å²) >= 11 is 0. The minimum Gasteiger partial charge on any atom is -0.377 e. The predicted octanol–water partition coefficient (Wildman–Crippen LogP) is 3.07. The first-order valence-electron chi connectivity index (χ1n) is 7.58. The van der Waals surface area contributed by atoms with Gasteiger partial charge in [-0.1, -0.05) is 41.6 Å². The number of hydrogen-bond acceptors (Lipinski definition) is 5. The number of rotatable bonds is 5. The van der Waals surface area contributed by atoms with E-state index in [1.807, 2.05) is 6.07 Å². The normalized spacial score (nSPS) is 17.3. The molecule has 116 valence electrons. The van der Waals surface area contributed by atoms with E-state index in [9.17, 15) is 0 Å². The Balaban J connectivity index is 1.71. The molecule has 1 aliphatic rings. The van der Waals surface area contributed by atoms with Crippen molar-refractivity contribution in [1.82, 2.24) is 15.0 Å². The van der Waals surface area contributed by atoms with Gasteiger partial charge in [-0.3, -0.25) is 4.90 Å². The SMILES string of the molecule is COCc1noc([C@@H](C)N2CCC=C(c3ccccc3)C2)n1. The minimum atomic E-state index is 0.102. The van der Waals surface area contributed by atoms with Gasteiger partial charge in [-0.25, -0.2) is 0 Å². The van der Waals surface area contributed by atoms with Crippen molar-refractivity contribution in [2.45, 2.75) is 26.0 Å². The first-order valence-corrected chi connectivity index (χ1v) is 7.58. The van der Waals surface area contributed by atoms with Gasteiger partial charge in [0.25, 0.3) is 0 Å². The van der Waals surface area contributed by atoms with Crippen LogP contribution in [0.2, 0.25) is 0 Å². The van der Waals surface area contributed by atoms with Crippen molar-refractivity contribution in [3.05, 3.63) is 53.7 Å². The Morgan fingerprint density at radius 3 is 2.91 bits per heavy atom. The van der Waals surface area contributed by atoms with Gasteiger partial charge in [-0.15, -0.1) is 0 Å². The van der Waals surface area contributed by atoms with Gasteiger partial charge in [-0.05, 0) is 24.5 Å². The number of hydrogen-bond donors (Lipinski definition) is 0. The maximum Gasteiger partial charge on any atom is 0.243 e. The molecule has 0 N–H and O–H groups in total. The smallest absolute Gasteiger partial charge is 0.243 e. The van der Waals surface area contributed by atoms with Crippen molar-refractivity contribution in [3.63, 3.8) is 0 Å². The molecule has 0 unspecified atom stereocenters. The fourth-order valence-corrected chi connectivity index (χ4v) is 2.74. The van der Waals surface area contributed by atoms with E-state index >= 15 is 0 Å². The van der Waals surface area contributed by atoms with Gasteiger partial charge >= 0.3 is 0 Å². The molecule has 1 aromatic carbocycles. The van der Waals surface area contributed by atoms with Gasteiger partial charge in [0.1, 0.15) is 6.61 Å². The van der Waals surface area contributed by atoms with E-state index in [-0.39, 0.29) is 6.04 Å². The topological polar surface area (TPSA) is 51.4 Å². The van der Waals surface area contributed by atoms with E-state index < -0.39 is 0 Å². The van der Waals surface area contributed by atoms with Gasteiger partial charge in [0.15, 0.2) is 5.82 Å². The molecular weight excluding hydrogens is 278 g/mol. The second-order valence-electron chi connectivity index (χ2n) is 5.51. The summed E-state index contributed by atoms with van der Waals surface area (Å²) in [5.41, 5.74) is 2.64. The molecule has 0 amide bonds. The van der Waals surface area contributed by atoms with E-state index in [2.05, 4.69) is 52.3 Å². The third-order valence-corrected chi connectivity index (χ3v) is 3.99. The van der Waals surface area contributed by atoms with Gasteiger partial charge < -0.3 is 9.26 Å². The summed E-state index contributed by atoms with van der Waals surface area (Å²) in [7, 11) is 1.63. The van der Waals surface area contributed by atoms with Crippen LogP contribution in [-0.4, -0.2) is 35.2 Å².